The maximum absolute atomic E-state index is 12.8. The molecule has 24 heavy (non-hydrogen) atoms. The van der Waals surface area contributed by atoms with E-state index in [2.05, 4.69) is 5.32 Å². The normalized spacial score (nSPS) is 19.9. The number of carbonyl (C=O) groups excluding carboxylic acids is 3. The molecule has 1 saturated carbocycles. The lowest BCUT2D eigenvalue weighted by Crippen LogP contribution is -2.49. The number of urea groups is 1. The lowest BCUT2D eigenvalue weighted by atomic mass is 9.81. The summed E-state index contributed by atoms with van der Waals surface area (Å²) in [5, 5.41) is 2.66. The van der Waals surface area contributed by atoms with Crippen LogP contribution in [0.15, 0.2) is 24.3 Å². The predicted molar refractivity (Wildman–Crippen MR) is 90.2 cm³/mol. The predicted octanol–water partition coefficient (Wildman–Crippen LogP) is 1.80. The molecule has 3 rings (SSSR count). The number of nitrogens with two attached hydrogens (primary N) is 1. The molecule has 2 fully saturated rings. The SMILES string of the molecule is CN1C(=O)N(CC(=O)Nc2ccccc2N)C(=O)C12CCCCC2. The van der Waals surface area contributed by atoms with Gasteiger partial charge in [-0.25, -0.2) is 4.79 Å². The molecule has 1 saturated heterocycles. The molecule has 7 nitrogen and oxygen atoms in total. The summed E-state index contributed by atoms with van der Waals surface area (Å²) in [7, 11) is 1.65. The molecule has 4 amide bonds. The van der Waals surface area contributed by atoms with E-state index in [1.165, 1.54) is 4.90 Å². The van der Waals surface area contributed by atoms with E-state index in [-0.39, 0.29) is 12.5 Å². The van der Waals surface area contributed by atoms with Gasteiger partial charge in [-0.05, 0) is 25.0 Å². The van der Waals surface area contributed by atoms with Crippen molar-refractivity contribution in [2.45, 2.75) is 37.6 Å². The van der Waals surface area contributed by atoms with Crippen LogP contribution in [0, 0.1) is 0 Å². The van der Waals surface area contributed by atoms with Crippen molar-refractivity contribution in [1.82, 2.24) is 9.80 Å². The van der Waals surface area contributed by atoms with Gasteiger partial charge in [-0.15, -0.1) is 0 Å². The van der Waals surface area contributed by atoms with Crippen LogP contribution in [0.4, 0.5) is 16.2 Å². The molecule has 3 N–H and O–H groups in total. The minimum Gasteiger partial charge on any atom is -0.397 e. The first-order valence-corrected chi connectivity index (χ1v) is 8.20. The fourth-order valence-corrected chi connectivity index (χ4v) is 3.62. The van der Waals surface area contributed by atoms with Crippen LogP contribution in [0.5, 0.6) is 0 Å². The van der Waals surface area contributed by atoms with Crippen molar-refractivity contribution < 1.29 is 14.4 Å². The van der Waals surface area contributed by atoms with Crippen LogP contribution in [0.3, 0.4) is 0 Å². The highest BCUT2D eigenvalue weighted by Crippen LogP contribution is 2.39. The summed E-state index contributed by atoms with van der Waals surface area (Å²) in [5.74, 6) is -0.693. The lowest BCUT2D eigenvalue weighted by Gasteiger charge is -2.35. The van der Waals surface area contributed by atoms with E-state index < -0.39 is 17.5 Å². The number of amides is 4. The van der Waals surface area contributed by atoms with Crippen LogP contribution in [0.25, 0.3) is 0 Å². The Bertz CT molecular complexity index is 682. The number of nitrogens with zero attached hydrogens (tertiary/aromatic N) is 2. The van der Waals surface area contributed by atoms with Crippen LogP contribution in [0.2, 0.25) is 0 Å². The van der Waals surface area contributed by atoms with E-state index in [0.29, 0.717) is 24.2 Å². The molecule has 7 heteroatoms. The Morgan fingerprint density at radius 2 is 1.88 bits per heavy atom. The molecule has 1 aliphatic heterocycles. The first-order valence-electron chi connectivity index (χ1n) is 8.20. The minimum atomic E-state index is -0.763. The fraction of sp³-hybridized carbons (Fsp3) is 0.471. The van der Waals surface area contributed by atoms with E-state index in [4.69, 9.17) is 5.73 Å². The number of nitrogen functional groups attached to an aromatic ring is 1. The van der Waals surface area contributed by atoms with Gasteiger partial charge < -0.3 is 16.0 Å². The van der Waals surface area contributed by atoms with Crippen LogP contribution < -0.4 is 11.1 Å². The molecule has 0 unspecified atom stereocenters. The monoisotopic (exact) mass is 330 g/mol. The minimum absolute atomic E-state index is 0.258. The molecule has 2 aliphatic rings. The topological polar surface area (TPSA) is 95.7 Å². The van der Waals surface area contributed by atoms with Crippen LogP contribution in [0.1, 0.15) is 32.1 Å². The van der Waals surface area contributed by atoms with Crippen molar-refractivity contribution in [2.75, 3.05) is 24.6 Å². The molecule has 1 aliphatic carbocycles. The van der Waals surface area contributed by atoms with Gasteiger partial charge in [-0.3, -0.25) is 14.5 Å². The Hall–Kier alpha value is -2.57. The van der Waals surface area contributed by atoms with E-state index in [1.807, 2.05) is 0 Å². The van der Waals surface area contributed by atoms with Crippen molar-refractivity contribution in [3.63, 3.8) is 0 Å². The van der Waals surface area contributed by atoms with Gasteiger partial charge in [0, 0.05) is 7.05 Å². The second kappa shape index (κ2) is 6.14. The van der Waals surface area contributed by atoms with Crippen molar-refractivity contribution in [3.8, 4) is 0 Å². The standard InChI is InChI=1S/C17H22N4O3/c1-20-16(24)21(15(23)17(20)9-5-2-6-10-17)11-14(22)19-13-8-4-3-7-12(13)18/h3-4,7-8H,2,5-6,9-11,18H2,1H3,(H,19,22). The summed E-state index contributed by atoms with van der Waals surface area (Å²) >= 11 is 0. The maximum atomic E-state index is 12.8. The first kappa shape index (κ1) is 16.3. The summed E-state index contributed by atoms with van der Waals surface area (Å²) in [6.45, 7) is -0.294. The number of benzene rings is 1. The van der Waals surface area contributed by atoms with Gasteiger partial charge in [0.15, 0.2) is 0 Å². The summed E-state index contributed by atoms with van der Waals surface area (Å²) in [6, 6.07) is 6.46. The molecule has 0 radical (unpaired) electrons. The quantitative estimate of drug-likeness (QED) is 0.652. The zero-order valence-corrected chi connectivity index (χ0v) is 13.7. The third-order valence-corrected chi connectivity index (χ3v) is 5.02. The molecule has 1 aromatic carbocycles. The Balaban J connectivity index is 1.73. The average molecular weight is 330 g/mol. The number of imide groups is 1. The third kappa shape index (κ3) is 2.60. The maximum Gasteiger partial charge on any atom is 0.327 e. The van der Waals surface area contributed by atoms with E-state index in [1.54, 1.807) is 31.3 Å². The number of hydrogen-bond acceptors (Lipinski definition) is 4. The van der Waals surface area contributed by atoms with Crippen LogP contribution >= 0.6 is 0 Å². The third-order valence-electron chi connectivity index (χ3n) is 5.02. The van der Waals surface area contributed by atoms with Crippen LogP contribution in [-0.2, 0) is 9.59 Å². The Morgan fingerprint density at radius 3 is 2.54 bits per heavy atom. The van der Waals surface area contributed by atoms with Gasteiger partial charge in [-0.1, -0.05) is 31.4 Å². The van der Waals surface area contributed by atoms with Gasteiger partial charge in [0.1, 0.15) is 12.1 Å². The Morgan fingerprint density at radius 1 is 1.21 bits per heavy atom. The summed E-state index contributed by atoms with van der Waals surface area (Å²) < 4.78 is 0. The molecule has 0 atom stereocenters. The lowest BCUT2D eigenvalue weighted by molar-refractivity contribution is -0.136. The van der Waals surface area contributed by atoms with E-state index >= 15 is 0 Å². The molecule has 1 spiro atoms. The summed E-state index contributed by atoms with van der Waals surface area (Å²) in [5.41, 5.74) is 5.94. The van der Waals surface area contributed by atoms with Crippen molar-refractivity contribution >= 4 is 29.2 Å². The smallest absolute Gasteiger partial charge is 0.327 e. The number of hydrogen-bond donors (Lipinski definition) is 2. The molecular formula is C17H22N4O3. The van der Waals surface area contributed by atoms with Gasteiger partial charge in [-0.2, -0.15) is 0 Å². The van der Waals surface area contributed by atoms with Crippen molar-refractivity contribution in [3.05, 3.63) is 24.3 Å². The molecule has 0 aromatic heterocycles. The van der Waals surface area contributed by atoms with Gasteiger partial charge in [0.2, 0.25) is 5.91 Å². The zero-order chi connectivity index (χ0) is 17.3. The molecular weight excluding hydrogens is 308 g/mol. The van der Waals surface area contributed by atoms with Crippen molar-refractivity contribution in [1.29, 1.82) is 0 Å². The summed E-state index contributed by atoms with van der Waals surface area (Å²) in [6.07, 6.45) is 4.24. The average Bonchev–Trinajstić information content (AvgIpc) is 2.74. The Labute approximate surface area is 140 Å². The molecule has 1 heterocycles. The number of likely N-dealkylation sites (N-methyl/N-ethyl adjacent to an activating group) is 1. The summed E-state index contributed by atoms with van der Waals surface area (Å²) in [4.78, 5) is 40.1. The van der Waals surface area contributed by atoms with Crippen LogP contribution in [-0.4, -0.2) is 46.8 Å². The number of anilines is 2. The van der Waals surface area contributed by atoms with Gasteiger partial charge in [0.25, 0.3) is 5.91 Å². The number of rotatable bonds is 3. The molecule has 128 valence electrons. The molecule has 0 bridgehead atoms. The van der Waals surface area contributed by atoms with Crippen molar-refractivity contribution in [2.24, 2.45) is 0 Å². The van der Waals surface area contributed by atoms with Gasteiger partial charge >= 0.3 is 6.03 Å². The zero-order valence-electron chi connectivity index (χ0n) is 13.7. The Kier molecular flexibility index (Phi) is 4.17. The largest absolute Gasteiger partial charge is 0.397 e. The number of para-hydroxylation sites is 2. The number of carbonyl (C=O) groups is 3. The highest BCUT2D eigenvalue weighted by Gasteiger charge is 2.55. The second-order valence-corrected chi connectivity index (χ2v) is 6.46. The van der Waals surface area contributed by atoms with E-state index in [0.717, 1.165) is 24.2 Å². The first-order chi connectivity index (χ1) is 11.5. The van der Waals surface area contributed by atoms with E-state index in [9.17, 15) is 14.4 Å². The van der Waals surface area contributed by atoms with Gasteiger partial charge in [0.05, 0.1) is 11.4 Å². The molecule has 1 aromatic rings. The highest BCUT2D eigenvalue weighted by atomic mass is 16.2. The second-order valence-electron chi connectivity index (χ2n) is 6.46. The highest BCUT2D eigenvalue weighted by molar-refractivity contribution is 6.10. The fourth-order valence-electron chi connectivity index (χ4n) is 3.62. The number of nitrogens with one attached hydrogen (secondary N) is 1.